The number of aryl methyl sites for hydroxylation is 1. The highest BCUT2D eigenvalue weighted by Crippen LogP contribution is 2.29. The number of ether oxygens (including phenoxy) is 2. The Morgan fingerprint density at radius 3 is 2.54 bits per heavy atom. The molecule has 0 spiro atoms. The zero-order chi connectivity index (χ0) is 18.5. The van der Waals surface area contributed by atoms with E-state index >= 15 is 0 Å². The molecule has 1 amide bonds. The molecule has 0 radical (unpaired) electrons. The molecule has 6 nitrogen and oxygen atoms in total. The lowest BCUT2D eigenvalue weighted by Gasteiger charge is -2.32. The third-order valence-corrected chi connectivity index (χ3v) is 4.62. The third kappa shape index (κ3) is 4.07. The Morgan fingerprint density at radius 2 is 1.88 bits per heavy atom. The Hall–Kier alpha value is -2.76. The van der Waals surface area contributed by atoms with E-state index in [2.05, 4.69) is 4.98 Å². The van der Waals surface area contributed by atoms with Gasteiger partial charge in [-0.2, -0.15) is 0 Å². The van der Waals surface area contributed by atoms with Crippen LogP contribution in [-0.4, -0.2) is 42.1 Å². The average Bonchev–Trinajstić information content (AvgIpc) is 2.68. The number of methoxy groups -OCH3 is 1. The predicted molar refractivity (Wildman–Crippen MR) is 99.0 cm³/mol. The molecule has 1 aliphatic heterocycles. The highest BCUT2D eigenvalue weighted by Gasteiger charge is 2.25. The van der Waals surface area contributed by atoms with E-state index in [1.807, 2.05) is 31.2 Å². The van der Waals surface area contributed by atoms with Gasteiger partial charge >= 0.3 is 0 Å². The number of benzene rings is 1. The summed E-state index contributed by atoms with van der Waals surface area (Å²) in [4.78, 5) is 28.9. The Labute approximate surface area is 152 Å². The molecular formula is C20H24N2O4. The number of pyridine rings is 1. The van der Waals surface area contributed by atoms with Crippen LogP contribution < -0.4 is 15.0 Å². The van der Waals surface area contributed by atoms with Gasteiger partial charge in [-0.25, -0.2) is 0 Å². The van der Waals surface area contributed by atoms with Gasteiger partial charge < -0.3 is 19.4 Å². The summed E-state index contributed by atoms with van der Waals surface area (Å²) in [5.41, 5.74) is 0.993. The number of rotatable bonds is 5. The quantitative estimate of drug-likeness (QED) is 0.894. The first-order valence-corrected chi connectivity index (χ1v) is 8.93. The molecule has 2 heterocycles. The van der Waals surface area contributed by atoms with E-state index in [0.717, 1.165) is 24.3 Å². The van der Waals surface area contributed by atoms with Crippen molar-refractivity contribution in [2.75, 3.05) is 20.2 Å². The molecule has 1 saturated heterocycles. The predicted octanol–water partition coefficient (Wildman–Crippen LogP) is 2.63. The molecule has 138 valence electrons. The van der Waals surface area contributed by atoms with Gasteiger partial charge in [0.15, 0.2) is 11.5 Å². The summed E-state index contributed by atoms with van der Waals surface area (Å²) < 4.78 is 11.4. The van der Waals surface area contributed by atoms with Crippen molar-refractivity contribution in [2.24, 2.45) is 0 Å². The Bertz CT molecular complexity index is 823. The molecule has 26 heavy (non-hydrogen) atoms. The number of aromatic amines is 1. The maximum atomic E-state index is 12.7. The van der Waals surface area contributed by atoms with Crippen molar-refractivity contribution in [1.82, 2.24) is 9.88 Å². The van der Waals surface area contributed by atoms with Crippen LogP contribution in [-0.2, 0) is 6.42 Å². The van der Waals surface area contributed by atoms with Gasteiger partial charge in [0.2, 0.25) is 5.56 Å². The summed E-state index contributed by atoms with van der Waals surface area (Å²) >= 11 is 0. The summed E-state index contributed by atoms with van der Waals surface area (Å²) in [7, 11) is 1.62. The van der Waals surface area contributed by atoms with E-state index in [9.17, 15) is 9.59 Å². The highest BCUT2D eigenvalue weighted by molar-refractivity contribution is 5.94. The minimum Gasteiger partial charge on any atom is -0.493 e. The molecular weight excluding hydrogens is 332 g/mol. The summed E-state index contributed by atoms with van der Waals surface area (Å²) in [6, 6.07) is 10.7. The second-order valence-corrected chi connectivity index (χ2v) is 6.37. The summed E-state index contributed by atoms with van der Waals surface area (Å²) in [5, 5.41) is 0. The first-order valence-electron chi connectivity index (χ1n) is 8.93. The number of piperidine rings is 1. The molecule has 1 aromatic carbocycles. The fourth-order valence-corrected chi connectivity index (χ4v) is 3.17. The van der Waals surface area contributed by atoms with Crippen molar-refractivity contribution in [3.05, 3.63) is 58.0 Å². The van der Waals surface area contributed by atoms with Crippen LogP contribution in [0.2, 0.25) is 0 Å². The van der Waals surface area contributed by atoms with E-state index in [0.29, 0.717) is 30.8 Å². The monoisotopic (exact) mass is 356 g/mol. The van der Waals surface area contributed by atoms with Crippen LogP contribution in [0, 0.1) is 0 Å². The highest BCUT2D eigenvalue weighted by atomic mass is 16.5. The number of nitrogens with zero attached hydrogens (tertiary/aromatic N) is 1. The average molecular weight is 356 g/mol. The molecule has 0 atom stereocenters. The maximum Gasteiger partial charge on any atom is 0.254 e. The minimum absolute atomic E-state index is 0.0423. The fraction of sp³-hybridized carbons (Fsp3) is 0.400. The lowest BCUT2D eigenvalue weighted by molar-refractivity contribution is 0.0590. The SMILES string of the molecule is CCc1cc(C(=O)N2CCC(Oc3ccccc3OC)CC2)cc(=O)[nH]1. The number of aromatic nitrogens is 1. The fourth-order valence-electron chi connectivity index (χ4n) is 3.17. The Kier molecular flexibility index (Phi) is 5.61. The maximum absolute atomic E-state index is 12.7. The van der Waals surface area contributed by atoms with E-state index in [1.165, 1.54) is 6.07 Å². The Morgan fingerprint density at radius 1 is 1.19 bits per heavy atom. The van der Waals surface area contributed by atoms with Gasteiger partial charge in [0.1, 0.15) is 6.10 Å². The van der Waals surface area contributed by atoms with E-state index in [4.69, 9.17) is 9.47 Å². The number of hydrogen-bond donors (Lipinski definition) is 1. The molecule has 0 saturated carbocycles. The van der Waals surface area contributed by atoms with E-state index in [1.54, 1.807) is 18.1 Å². The molecule has 1 aliphatic rings. The van der Waals surface area contributed by atoms with E-state index < -0.39 is 0 Å². The summed E-state index contributed by atoms with van der Waals surface area (Å²) in [6.45, 7) is 3.15. The number of hydrogen-bond acceptors (Lipinski definition) is 4. The second-order valence-electron chi connectivity index (χ2n) is 6.37. The number of amides is 1. The van der Waals surface area contributed by atoms with Crippen molar-refractivity contribution < 1.29 is 14.3 Å². The summed E-state index contributed by atoms with van der Waals surface area (Å²) in [5.74, 6) is 1.34. The van der Waals surface area contributed by atoms with Gasteiger partial charge in [-0.05, 0) is 24.6 Å². The van der Waals surface area contributed by atoms with Crippen LogP contribution in [0.4, 0.5) is 0 Å². The van der Waals surface area contributed by atoms with Crippen LogP contribution in [0.5, 0.6) is 11.5 Å². The zero-order valence-corrected chi connectivity index (χ0v) is 15.2. The van der Waals surface area contributed by atoms with Gasteiger partial charge in [0.25, 0.3) is 5.91 Å². The van der Waals surface area contributed by atoms with Gasteiger partial charge in [-0.3, -0.25) is 9.59 Å². The van der Waals surface area contributed by atoms with Crippen molar-refractivity contribution in [3.63, 3.8) is 0 Å². The molecule has 1 fully saturated rings. The van der Waals surface area contributed by atoms with Gasteiger partial charge in [0, 0.05) is 43.3 Å². The molecule has 0 bridgehead atoms. The molecule has 1 aromatic heterocycles. The molecule has 2 aromatic rings. The lowest BCUT2D eigenvalue weighted by atomic mass is 10.1. The zero-order valence-electron chi connectivity index (χ0n) is 15.2. The van der Waals surface area contributed by atoms with Crippen molar-refractivity contribution in [2.45, 2.75) is 32.3 Å². The van der Waals surface area contributed by atoms with Gasteiger partial charge in [-0.15, -0.1) is 0 Å². The number of carbonyl (C=O) groups excluding carboxylic acids is 1. The van der Waals surface area contributed by atoms with Crippen LogP contribution in [0.1, 0.15) is 35.8 Å². The largest absolute Gasteiger partial charge is 0.493 e. The summed E-state index contributed by atoms with van der Waals surface area (Å²) in [6.07, 6.45) is 2.22. The number of nitrogens with one attached hydrogen (secondary N) is 1. The smallest absolute Gasteiger partial charge is 0.254 e. The van der Waals surface area contributed by atoms with Crippen LogP contribution in [0.3, 0.4) is 0 Å². The van der Waals surface area contributed by atoms with Gasteiger partial charge in [-0.1, -0.05) is 19.1 Å². The van der Waals surface area contributed by atoms with Gasteiger partial charge in [0.05, 0.1) is 7.11 Å². The van der Waals surface area contributed by atoms with Crippen LogP contribution in [0.25, 0.3) is 0 Å². The second kappa shape index (κ2) is 8.08. The number of H-pyrrole nitrogens is 1. The number of likely N-dealkylation sites (tertiary alicyclic amines) is 1. The first-order chi connectivity index (χ1) is 12.6. The topological polar surface area (TPSA) is 71.6 Å². The number of para-hydroxylation sites is 2. The minimum atomic E-state index is -0.234. The molecule has 0 aliphatic carbocycles. The Balaban J connectivity index is 1.62. The van der Waals surface area contributed by atoms with Crippen LogP contribution in [0.15, 0.2) is 41.2 Å². The first kappa shape index (κ1) is 18.0. The van der Waals surface area contributed by atoms with Crippen molar-refractivity contribution in [1.29, 1.82) is 0 Å². The third-order valence-electron chi connectivity index (χ3n) is 4.62. The molecule has 1 N–H and O–H groups in total. The lowest BCUT2D eigenvalue weighted by Crippen LogP contribution is -2.42. The van der Waals surface area contributed by atoms with Crippen LogP contribution >= 0.6 is 0 Å². The van der Waals surface area contributed by atoms with Crippen molar-refractivity contribution in [3.8, 4) is 11.5 Å². The molecule has 0 unspecified atom stereocenters. The van der Waals surface area contributed by atoms with E-state index in [-0.39, 0.29) is 17.6 Å². The molecule has 3 rings (SSSR count). The standard InChI is InChI=1S/C20H24N2O4/c1-3-15-12-14(13-19(23)21-15)20(24)22-10-8-16(9-11-22)26-18-7-5-4-6-17(18)25-2/h4-7,12-13,16H,3,8-11H2,1-2H3,(H,21,23). The number of carbonyl (C=O) groups is 1. The molecule has 6 heteroatoms. The van der Waals surface area contributed by atoms with Crippen molar-refractivity contribution >= 4 is 5.91 Å². The normalized spacial score (nSPS) is 14.9.